The average Bonchev–Trinajstić information content (AvgIpc) is 2.17. The summed E-state index contributed by atoms with van der Waals surface area (Å²) in [6, 6.07) is 0. The summed E-state index contributed by atoms with van der Waals surface area (Å²) >= 11 is 0. The van der Waals surface area contributed by atoms with Gasteiger partial charge >= 0.3 is 30.4 Å². The Kier molecular flexibility index (Phi) is 8.00. The summed E-state index contributed by atoms with van der Waals surface area (Å²) in [5.74, 6) is 0. The lowest BCUT2D eigenvalue weighted by Gasteiger charge is -2.37. The van der Waals surface area contributed by atoms with Crippen molar-refractivity contribution in [2.75, 3.05) is 13.2 Å². The zero-order valence-electron chi connectivity index (χ0n) is 11.2. The van der Waals surface area contributed by atoms with Gasteiger partial charge in [-0.15, -0.1) is 0 Å². The van der Waals surface area contributed by atoms with E-state index in [1.54, 1.807) is 0 Å². The monoisotopic (exact) mass is 423 g/mol. The molecule has 0 fully saturated rings. The first-order valence-electron chi connectivity index (χ1n) is 5.51. The van der Waals surface area contributed by atoms with Crippen LogP contribution in [-0.4, -0.2) is 73.4 Å². The minimum Gasteiger partial charge on any atom is -0.396 e. The third-order valence-electron chi connectivity index (χ3n) is 2.37. The van der Waals surface area contributed by atoms with Gasteiger partial charge in [0.1, 0.15) is 0 Å². The van der Waals surface area contributed by atoms with Crippen molar-refractivity contribution in [1.29, 1.82) is 0 Å². The molecule has 0 rings (SSSR count). The first-order valence-corrected chi connectivity index (χ1v) is 12.2. The Hall–Kier alpha value is 0.520. The molecule has 0 amide bonds. The number of aliphatic hydroxyl groups excluding tert-OH is 1. The second kappa shape index (κ2) is 7.82. The summed E-state index contributed by atoms with van der Waals surface area (Å²) in [5.41, 5.74) is -6.40. The van der Waals surface area contributed by atoms with Gasteiger partial charge in [0.15, 0.2) is 0 Å². The van der Waals surface area contributed by atoms with Gasteiger partial charge in [-0.25, -0.2) is 0 Å². The highest BCUT2D eigenvalue weighted by Crippen LogP contribution is 2.68. The van der Waals surface area contributed by atoms with Gasteiger partial charge in [-0.2, -0.15) is 0 Å². The van der Waals surface area contributed by atoms with Crippen LogP contribution >= 0.6 is 30.4 Å². The van der Waals surface area contributed by atoms with E-state index in [0.717, 1.165) is 0 Å². The zero-order valence-corrected chi connectivity index (χ0v) is 14.7. The lowest BCUT2D eigenvalue weighted by atomic mass is 10.4. The smallest absolute Gasteiger partial charge is 0.355 e. The van der Waals surface area contributed by atoms with E-state index in [-0.39, 0.29) is 4.90 Å². The fourth-order valence-corrected chi connectivity index (χ4v) is 7.86. The molecular weight excluding hydrogens is 406 g/mol. The molecule has 14 nitrogen and oxygen atoms in total. The van der Waals surface area contributed by atoms with Crippen molar-refractivity contribution in [2.24, 2.45) is 0 Å². The van der Waals surface area contributed by atoms with Crippen LogP contribution in [0.3, 0.4) is 0 Å². The molecule has 0 radical (unpaired) electrons. The largest absolute Gasteiger partial charge is 0.396 e. The molecule has 23 heavy (non-hydrogen) atoms. The van der Waals surface area contributed by atoms with Gasteiger partial charge in [-0.05, 0) is 6.42 Å². The Bertz CT molecular complexity index is 489. The van der Waals surface area contributed by atoms with Crippen molar-refractivity contribution < 1.29 is 62.5 Å². The fraction of sp³-hybridized carbons (Fsp3) is 1.00. The van der Waals surface area contributed by atoms with E-state index in [0.29, 0.717) is 0 Å². The highest BCUT2D eigenvalue weighted by Gasteiger charge is 2.58. The topological polar surface area (TPSA) is 254 Å². The minimum absolute atomic E-state index is 0.334. The molecule has 0 unspecified atom stereocenters. The number of rotatable bonds is 9. The summed E-state index contributed by atoms with van der Waals surface area (Å²) < 4.78 is 45.3. The standard InChI is InChI=1S/C5H17NO13P4/c7-3-1-2-6(4(20(8,9)10)21(11,12)13)5(22(14,15)16)23(17,18)19/h4-5,7H,1-3H2,(H2,8,9,10)(H2,11,12,13)(H2,14,15,16)(H2,17,18,19). The van der Waals surface area contributed by atoms with Crippen LogP contribution in [-0.2, 0) is 18.3 Å². The van der Waals surface area contributed by atoms with Crippen molar-refractivity contribution in [2.45, 2.75) is 17.5 Å². The number of hydrogen-bond acceptors (Lipinski definition) is 6. The van der Waals surface area contributed by atoms with Crippen LogP contribution in [0.25, 0.3) is 0 Å². The van der Waals surface area contributed by atoms with E-state index in [4.69, 9.17) is 44.3 Å². The van der Waals surface area contributed by atoms with Crippen LogP contribution in [0.5, 0.6) is 0 Å². The van der Waals surface area contributed by atoms with Crippen LogP contribution in [0, 0.1) is 0 Å². The molecule has 0 bridgehead atoms. The SMILES string of the molecule is O=P(O)(O)C(N(CCCO)C(P(=O)(O)O)P(=O)(O)O)P(=O)(O)O. The third kappa shape index (κ3) is 7.11. The van der Waals surface area contributed by atoms with Crippen LogP contribution in [0.15, 0.2) is 0 Å². The lowest BCUT2D eigenvalue weighted by Crippen LogP contribution is -2.43. The van der Waals surface area contributed by atoms with Crippen molar-refractivity contribution in [1.82, 2.24) is 4.90 Å². The molecule has 9 N–H and O–H groups in total. The maximum absolute atomic E-state index is 11.3. The van der Waals surface area contributed by atoms with Crippen LogP contribution in [0.2, 0.25) is 0 Å². The molecule has 0 aliphatic heterocycles. The Balaban J connectivity index is 6.39. The van der Waals surface area contributed by atoms with Gasteiger partial charge in [-0.3, -0.25) is 23.2 Å². The van der Waals surface area contributed by atoms with Crippen molar-refractivity contribution in [3.63, 3.8) is 0 Å². The van der Waals surface area contributed by atoms with E-state index < -0.39 is 61.0 Å². The van der Waals surface area contributed by atoms with Crippen LogP contribution < -0.4 is 0 Å². The first-order chi connectivity index (χ1) is 9.94. The number of nitrogens with zero attached hydrogens (tertiary/aromatic N) is 1. The quantitative estimate of drug-likeness (QED) is 0.181. The molecule has 18 heteroatoms. The summed E-state index contributed by atoms with van der Waals surface area (Å²) in [4.78, 5) is 72.2. The Morgan fingerprint density at radius 3 is 1.09 bits per heavy atom. The molecule has 0 aliphatic rings. The minimum atomic E-state index is -5.79. The second-order valence-corrected chi connectivity index (χ2v) is 11.8. The molecule has 0 saturated heterocycles. The molecule has 0 aromatic rings. The van der Waals surface area contributed by atoms with E-state index in [1.807, 2.05) is 0 Å². The summed E-state index contributed by atoms with van der Waals surface area (Å²) in [7, 11) is -23.2. The normalized spacial score (nSPS) is 15.0. The molecule has 140 valence electrons. The number of aliphatic hydroxyl groups is 1. The van der Waals surface area contributed by atoms with Crippen molar-refractivity contribution in [3.8, 4) is 0 Å². The van der Waals surface area contributed by atoms with E-state index in [2.05, 4.69) is 0 Å². The number of hydrogen-bond donors (Lipinski definition) is 9. The third-order valence-corrected chi connectivity index (χ3v) is 9.57. The van der Waals surface area contributed by atoms with Gasteiger partial charge in [0, 0.05) is 13.2 Å². The van der Waals surface area contributed by atoms with Gasteiger partial charge in [0.05, 0.1) is 0 Å². The maximum Gasteiger partial charge on any atom is 0.355 e. The predicted octanol–water partition coefficient (Wildman–Crippen LogP) is -2.05. The highest BCUT2D eigenvalue weighted by atomic mass is 31.2. The molecule has 0 spiro atoms. The fourth-order valence-electron chi connectivity index (χ4n) is 1.77. The maximum atomic E-state index is 11.3. The summed E-state index contributed by atoms with van der Waals surface area (Å²) in [5, 5.41) is 8.69. The molecule has 0 aromatic heterocycles. The molecule has 0 atom stereocenters. The van der Waals surface area contributed by atoms with E-state index in [9.17, 15) is 18.3 Å². The van der Waals surface area contributed by atoms with Crippen molar-refractivity contribution in [3.05, 3.63) is 0 Å². The first kappa shape index (κ1) is 23.5. The molecule has 0 heterocycles. The summed E-state index contributed by atoms with van der Waals surface area (Å²) in [6.45, 7) is -1.77. The zero-order chi connectivity index (χ0) is 18.9. The van der Waals surface area contributed by atoms with Gasteiger partial charge in [-0.1, -0.05) is 0 Å². The van der Waals surface area contributed by atoms with E-state index in [1.165, 1.54) is 0 Å². The molecule has 0 aliphatic carbocycles. The highest BCUT2D eigenvalue weighted by molar-refractivity contribution is 7.72. The van der Waals surface area contributed by atoms with Gasteiger partial charge in [0.2, 0.25) is 11.0 Å². The van der Waals surface area contributed by atoms with Crippen LogP contribution in [0.4, 0.5) is 0 Å². The van der Waals surface area contributed by atoms with Gasteiger partial charge in [0.25, 0.3) is 0 Å². The van der Waals surface area contributed by atoms with E-state index >= 15 is 0 Å². The molecule has 0 saturated carbocycles. The predicted molar refractivity (Wildman–Crippen MR) is 74.2 cm³/mol. The average molecular weight is 423 g/mol. The second-order valence-electron chi connectivity index (χ2n) is 4.36. The van der Waals surface area contributed by atoms with Crippen LogP contribution in [0.1, 0.15) is 6.42 Å². The molecule has 0 aromatic carbocycles. The molecular formula is C5H17NO13P4. The lowest BCUT2D eigenvalue weighted by molar-refractivity contribution is 0.182. The Morgan fingerprint density at radius 1 is 0.652 bits per heavy atom. The summed E-state index contributed by atoms with van der Waals surface area (Å²) in [6.07, 6.45) is -0.535. The van der Waals surface area contributed by atoms with Gasteiger partial charge < -0.3 is 44.3 Å². The van der Waals surface area contributed by atoms with Crippen molar-refractivity contribution >= 4 is 30.4 Å². The Morgan fingerprint density at radius 2 is 0.913 bits per heavy atom. The Labute approximate surface area is 129 Å².